The monoisotopic (exact) mass is 555 g/mol. The lowest BCUT2D eigenvalue weighted by atomic mass is 9.60. The molecule has 4 aliphatic rings. The number of amides is 1. The number of piperidine rings is 1. The lowest BCUT2D eigenvalue weighted by Crippen LogP contribution is -2.84. The maximum Gasteiger partial charge on any atom is 0.255 e. The van der Waals surface area contributed by atoms with Crippen molar-refractivity contribution in [3.63, 3.8) is 0 Å². The molecule has 6 rings (SSSR count). The minimum absolute atomic E-state index is 0.0653. The summed E-state index contributed by atoms with van der Waals surface area (Å²) in [5.41, 5.74) is 6.62. The number of aryl methyl sites for hydroxylation is 1. The highest BCUT2D eigenvalue weighted by Crippen LogP contribution is 2.55. The fourth-order valence-electron chi connectivity index (χ4n) is 7.38. The van der Waals surface area contributed by atoms with Crippen molar-refractivity contribution in [2.45, 2.75) is 75.9 Å². The number of anilines is 1. The van der Waals surface area contributed by atoms with Crippen molar-refractivity contribution in [3.05, 3.63) is 88.4 Å². The molecule has 1 amide bonds. The Morgan fingerprint density at radius 3 is 2.70 bits per heavy atom. The number of nitrogens with one attached hydrogen (secondary N) is 2. The highest BCUT2D eigenvalue weighted by atomic mass is 31.1. The summed E-state index contributed by atoms with van der Waals surface area (Å²) in [4.78, 5) is 23.1. The van der Waals surface area contributed by atoms with E-state index in [2.05, 4.69) is 90.2 Å². The minimum atomic E-state index is -0.0653. The normalized spacial score (nSPS) is 30.1. The van der Waals surface area contributed by atoms with Gasteiger partial charge >= 0.3 is 0 Å². The summed E-state index contributed by atoms with van der Waals surface area (Å²) in [6, 6.07) is 16.0. The number of likely N-dealkylation sites (tertiary alicyclic amines) is 1. The molecule has 0 aromatic heterocycles. The quantitative estimate of drug-likeness (QED) is 0.400. The first kappa shape index (κ1) is 27.5. The van der Waals surface area contributed by atoms with E-state index in [9.17, 15) is 4.79 Å². The molecule has 6 atom stereocenters. The van der Waals surface area contributed by atoms with Gasteiger partial charge in [0, 0.05) is 54.2 Å². The number of rotatable bonds is 8. The molecule has 40 heavy (non-hydrogen) atoms. The van der Waals surface area contributed by atoms with Crippen molar-refractivity contribution in [2.24, 2.45) is 4.99 Å². The van der Waals surface area contributed by atoms with Crippen LogP contribution in [0.15, 0.2) is 71.1 Å². The molecule has 0 radical (unpaired) electrons. The third-order valence-electron chi connectivity index (χ3n) is 9.21. The van der Waals surface area contributed by atoms with Crippen LogP contribution in [0.5, 0.6) is 0 Å². The van der Waals surface area contributed by atoms with E-state index in [1.807, 2.05) is 24.4 Å². The van der Waals surface area contributed by atoms with Crippen LogP contribution in [0.2, 0.25) is 0 Å². The van der Waals surface area contributed by atoms with E-state index in [-0.39, 0.29) is 17.7 Å². The third kappa shape index (κ3) is 5.23. The summed E-state index contributed by atoms with van der Waals surface area (Å²) in [6.07, 6.45) is 8.80. The molecule has 3 saturated heterocycles. The average molecular weight is 556 g/mol. The zero-order valence-electron chi connectivity index (χ0n) is 24.2. The van der Waals surface area contributed by atoms with Crippen molar-refractivity contribution in [1.82, 2.24) is 15.1 Å². The summed E-state index contributed by atoms with van der Waals surface area (Å²) in [5.74, 6) is 0.105. The number of nitrogens with zero attached hydrogens (tertiary/aromatic N) is 3. The Balaban J connectivity index is 1.07. The van der Waals surface area contributed by atoms with Gasteiger partial charge in [-0.1, -0.05) is 46.4 Å². The van der Waals surface area contributed by atoms with Crippen LogP contribution in [-0.2, 0) is 6.42 Å². The first-order valence-corrected chi connectivity index (χ1v) is 15.8. The molecule has 0 saturated carbocycles. The van der Waals surface area contributed by atoms with Gasteiger partial charge in [-0.15, -0.1) is 0 Å². The molecule has 6 nitrogen and oxygen atoms in total. The molecule has 2 N–H and O–H groups in total. The Morgan fingerprint density at radius 1 is 1.23 bits per heavy atom. The standard InChI is InChI=1S/C33H42N5OP/c1-6-8-30-23(4)40-31(18-34-30)35-22(3)24-9-7-10-27(14-24)36-32(39)25-11-12-26(21(2)13-25)15-33-16-28-19-37(5)20-29(17-33)38(28)33/h7-14,18,22,28-29,31,35,40H,4,6,15-17,19-20H2,1-3,5H3,(H,36,39)/b30-8+/t22?,28-,29+,31?,33?. The first-order chi connectivity index (χ1) is 19.2. The molecular formula is C33H42N5OP. The smallest absolute Gasteiger partial charge is 0.255 e. The highest BCUT2D eigenvalue weighted by molar-refractivity contribution is 7.45. The Hall–Kier alpha value is -2.63. The number of allylic oxidation sites excluding steroid dienone is 2. The number of carbonyl (C=O) groups is 1. The second-order valence-corrected chi connectivity index (χ2v) is 13.7. The molecule has 4 unspecified atom stereocenters. The third-order valence-corrected chi connectivity index (χ3v) is 10.4. The minimum Gasteiger partial charge on any atom is -0.322 e. The van der Waals surface area contributed by atoms with E-state index in [1.165, 1.54) is 37.1 Å². The van der Waals surface area contributed by atoms with E-state index in [4.69, 9.17) is 0 Å². The van der Waals surface area contributed by atoms with Crippen LogP contribution in [0, 0.1) is 6.92 Å². The zero-order chi connectivity index (χ0) is 28.0. The maximum atomic E-state index is 13.2. The van der Waals surface area contributed by atoms with Crippen LogP contribution >= 0.6 is 8.58 Å². The predicted molar refractivity (Wildman–Crippen MR) is 168 cm³/mol. The lowest BCUT2D eigenvalue weighted by Gasteiger charge is -2.74. The summed E-state index contributed by atoms with van der Waals surface area (Å²) >= 11 is 0. The van der Waals surface area contributed by atoms with Gasteiger partial charge in [0.25, 0.3) is 5.91 Å². The van der Waals surface area contributed by atoms with Crippen LogP contribution < -0.4 is 10.6 Å². The largest absolute Gasteiger partial charge is 0.322 e. The van der Waals surface area contributed by atoms with Gasteiger partial charge in [-0.05, 0) is 92.8 Å². The van der Waals surface area contributed by atoms with Gasteiger partial charge in [0.15, 0.2) is 0 Å². The highest BCUT2D eigenvalue weighted by Gasteiger charge is 2.64. The van der Waals surface area contributed by atoms with E-state index in [0.717, 1.165) is 47.2 Å². The second kappa shape index (κ2) is 11.0. The predicted octanol–water partition coefficient (Wildman–Crippen LogP) is 5.87. The van der Waals surface area contributed by atoms with E-state index in [0.29, 0.717) is 19.7 Å². The van der Waals surface area contributed by atoms with E-state index < -0.39 is 0 Å². The first-order valence-electron chi connectivity index (χ1n) is 14.7. The Labute approximate surface area is 240 Å². The molecule has 4 heterocycles. The van der Waals surface area contributed by atoms with Gasteiger partial charge in [-0.25, -0.2) is 0 Å². The molecule has 210 valence electrons. The molecule has 0 bridgehead atoms. The number of hydrogen-bond donors (Lipinski definition) is 2. The maximum absolute atomic E-state index is 13.2. The molecule has 0 spiro atoms. The van der Waals surface area contributed by atoms with Gasteiger partial charge in [0.1, 0.15) is 0 Å². The Morgan fingerprint density at radius 2 is 2.00 bits per heavy atom. The number of benzene rings is 2. The number of likely N-dealkylation sites (N-methyl/N-ethyl adjacent to an activating group) is 1. The molecule has 7 heteroatoms. The number of piperazine rings is 1. The van der Waals surface area contributed by atoms with E-state index in [1.54, 1.807) is 0 Å². The van der Waals surface area contributed by atoms with Crippen LogP contribution in [0.1, 0.15) is 66.2 Å². The molecule has 2 aromatic carbocycles. The zero-order valence-corrected chi connectivity index (χ0v) is 25.2. The summed E-state index contributed by atoms with van der Waals surface area (Å²) in [5, 5.41) is 7.89. The molecule has 2 aromatic rings. The topological polar surface area (TPSA) is 60.0 Å². The van der Waals surface area contributed by atoms with Crippen molar-refractivity contribution < 1.29 is 4.79 Å². The fourth-order valence-corrected chi connectivity index (χ4v) is 8.55. The summed E-state index contributed by atoms with van der Waals surface area (Å²) < 4.78 is 0. The second-order valence-electron chi connectivity index (χ2n) is 12.2. The molecule has 4 aliphatic heterocycles. The van der Waals surface area contributed by atoms with Crippen LogP contribution in [-0.4, -0.2) is 65.5 Å². The Kier molecular flexibility index (Phi) is 7.56. The van der Waals surface area contributed by atoms with E-state index >= 15 is 0 Å². The van der Waals surface area contributed by atoms with Crippen LogP contribution in [0.3, 0.4) is 0 Å². The summed E-state index contributed by atoms with van der Waals surface area (Å²) in [7, 11) is 2.82. The van der Waals surface area contributed by atoms with Gasteiger partial charge in [0.2, 0.25) is 0 Å². The number of hydrogen-bond acceptors (Lipinski definition) is 5. The number of carbonyl (C=O) groups excluding carboxylic acids is 1. The fraction of sp³-hybridized carbons (Fsp3) is 0.455. The van der Waals surface area contributed by atoms with Gasteiger partial charge in [-0.3, -0.25) is 20.0 Å². The van der Waals surface area contributed by atoms with Crippen molar-refractivity contribution in [3.8, 4) is 0 Å². The van der Waals surface area contributed by atoms with Crippen molar-refractivity contribution >= 4 is 26.4 Å². The van der Waals surface area contributed by atoms with Crippen molar-refractivity contribution in [2.75, 3.05) is 25.5 Å². The van der Waals surface area contributed by atoms with Crippen molar-refractivity contribution in [1.29, 1.82) is 0 Å². The van der Waals surface area contributed by atoms with Crippen LogP contribution in [0.4, 0.5) is 5.69 Å². The molecular weight excluding hydrogens is 513 g/mol. The van der Waals surface area contributed by atoms with Gasteiger partial charge in [-0.2, -0.15) is 0 Å². The molecule has 0 aliphatic carbocycles. The van der Waals surface area contributed by atoms with Gasteiger partial charge in [0.05, 0.1) is 11.5 Å². The van der Waals surface area contributed by atoms with Crippen LogP contribution in [0.25, 0.3) is 0 Å². The lowest BCUT2D eigenvalue weighted by molar-refractivity contribution is -0.228. The SMILES string of the molecule is C=C1PC(NC(C)c2cccc(NC(=O)c3ccc(CC45C[C@H]6CN(C)C[C@@H](C4)N65)c(C)c3)c2)C=N/C1=C/CC. The molecule has 3 fully saturated rings. The average Bonchev–Trinajstić information content (AvgIpc) is 2.89. The van der Waals surface area contributed by atoms with Gasteiger partial charge < -0.3 is 10.2 Å². The number of aliphatic imine (C=N–C) groups is 1. The summed E-state index contributed by atoms with van der Waals surface area (Å²) in [6.45, 7) is 13.0. The Bertz CT molecular complexity index is 1370.